The summed E-state index contributed by atoms with van der Waals surface area (Å²) in [5.41, 5.74) is 3.55. The lowest BCUT2D eigenvalue weighted by Crippen LogP contribution is -2.13. The molecule has 0 atom stereocenters. The highest BCUT2D eigenvalue weighted by Gasteiger charge is 2.14. The lowest BCUT2D eigenvalue weighted by molar-refractivity contribution is 0.0998. The molecule has 106 valence electrons. The Kier molecular flexibility index (Phi) is 3.55. The first-order valence-electron chi connectivity index (χ1n) is 6.61. The number of halogens is 1. The van der Waals surface area contributed by atoms with Gasteiger partial charge in [-0.15, -0.1) is 0 Å². The third-order valence-electron chi connectivity index (χ3n) is 3.39. The molecule has 0 spiro atoms. The van der Waals surface area contributed by atoms with Gasteiger partial charge in [0.15, 0.2) is 5.76 Å². The lowest BCUT2D eigenvalue weighted by atomic mass is 10.1. The molecule has 1 N–H and O–H groups in total. The number of benzene rings is 2. The van der Waals surface area contributed by atoms with E-state index in [1.165, 1.54) is 0 Å². The van der Waals surface area contributed by atoms with E-state index < -0.39 is 0 Å². The van der Waals surface area contributed by atoms with E-state index in [1.54, 1.807) is 6.07 Å². The molecule has 0 bridgehead atoms. The maximum Gasteiger partial charge on any atom is 0.291 e. The average Bonchev–Trinajstić information content (AvgIpc) is 2.86. The molecule has 0 saturated heterocycles. The minimum absolute atomic E-state index is 0.236. The first-order chi connectivity index (χ1) is 10.0. The molecule has 0 aliphatic heterocycles. The number of para-hydroxylation sites is 1. The van der Waals surface area contributed by atoms with E-state index in [4.69, 9.17) is 4.42 Å². The minimum atomic E-state index is -0.236. The third kappa shape index (κ3) is 2.72. The fourth-order valence-corrected chi connectivity index (χ4v) is 3.06. The van der Waals surface area contributed by atoms with Crippen LogP contribution < -0.4 is 5.32 Å². The van der Waals surface area contributed by atoms with Crippen LogP contribution in [-0.2, 0) is 0 Å². The van der Waals surface area contributed by atoms with Crippen LogP contribution in [0.2, 0.25) is 0 Å². The summed E-state index contributed by atoms with van der Waals surface area (Å²) < 4.78 is 6.58. The summed E-state index contributed by atoms with van der Waals surface area (Å²) in [5.74, 6) is 0.0811. The molecule has 3 aromatic rings. The van der Waals surface area contributed by atoms with Gasteiger partial charge in [0.25, 0.3) is 5.91 Å². The van der Waals surface area contributed by atoms with Crippen molar-refractivity contribution in [2.24, 2.45) is 0 Å². The molecule has 21 heavy (non-hydrogen) atoms. The fourth-order valence-electron chi connectivity index (χ4n) is 2.38. The van der Waals surface area contributed by atoms with Crippen LogP contribution in [-0.4, -0.2) is 5.91 Å². The normalized spacial score (nSPS) is 10.8. The Morgan fingerprint density at radius 3 is 2.43 bits per heavy atom. The molecule has 3 nitrogen and oxygen atoms in total. The first-order valence-corrected chi connectivity index (χ1v) is 7.40. The Bertz CT molecular complexity index is 780. The largest absolute Gasteiger partial charge is 0.451 e. The molecule has 4 heteroatoms. The monoisotopic (exact) mass is 343 g/mol. The molecule has 0 radical (unpaired) electrons. The summed E-state index contributed by atoms with van der Waals surface area (Å²) in [6.45, 7) is 3.93. The van der Waals surface area contributed by atoms with Crippen LogP contribution in [0.4, 0.5) is 5.69 Å². The lowest BCUT2D eigenvalue weighted by Gasteiger charge is -2.11. The highest BCUT2D eigenvalue weighted by atomic mass is 79.9. The molecular weight excluding hydrogens is 330 g/mol. The second-order valence-corrected chi connectivity index (χ2v) is 5.93. The zero-order valence-electron chi connectivity index (χ0n) is 11.7. The van der Waals surface area contributed by atoms with Crippen molar-refractivity contribution >= 4 is 38.5 Å². The van der Waals surface area contributed by atoms with E-state index in [2.05, 4.69) is 21.2 Å². The fraction of sp³-hybridized carbons (Fsp3) is 0.118. The van der Waals surface area contributed by atoms with Gasteiger partial charge in [-0.25, -0.2) is 0 Å². The van der Waals surface area contributed by atoms with Gasteiger partial charge < -0.3 is 9.73 Å². The number of hydrogen-bond acceptors (Lipinski definition) is 2. The molecule has 0 aliphatic carbocycles. The van der Waals surface area contributed by atoms with Gasteiger partial charge in [-0.1, -0.05) is 34.1 Å². The van der Waals surface area contributed by atoms with Crippen molar-refractivity contribution in [3.63, 3.8) is 0 Å². The summed E-state index contributed by atoms with van der Waals surface area (Å²) >= 11 is 3.45. The first kappa shape index (κ1) is 13.9. The number of rotatable bonds is 2. The van der Waals surface area contributed by atoms with Crippen LogP contribution in [0.3, 0.4) is 0 Å². The summed E-state index contributed by atoms with van der Waals surface area (Å²) in [7, 11) is 0. The Labute approximate surface area is 131 Å². The molecule has 2 aromatic carbocycles. The Balaban J connectivity index is 1.93. The topological polar surface area (TPSA) is 42.2 Å². The van der Waals surface area contributed by atoms with E-state index in [0.717, 1.165) is 26.7 Å². The zero-order chi connectivity index (χ0) is 15.0. The highest BCUT2D eigenvalue weighted by molar-refractivity contribution is 9.10. The Hall–Kier alpha value is -2.07. The van der Waals surface area contributed by atoms with Gasteiger partial charge in [-0.05, 0) is 49.2 Å². The van der Waals surface area contributed by atoms with E-state index in [0.29, 0.717) is 11.3 Å². The van der Waals surface area contributed by atoms with Crippen molar-refractivity contribution in [1.82, 2.24) is 0 Å². The minimum Gasteiger partial charge on any atom is -0.451 e. The second kappa shape index (κ2) is 5.37. The molecular formula is C17H14BrNO2. The number of nitrogens with one attached hydrogen (secondary N) is 1. The number of furan rings is 1. The van der Waals surface area contributed by atoms with Crippen LogP contribution >= 0.6 is 15.9 Å². The average molecular weight is 344 g/mol. The third-order valence-corrected chi connectivity index (χ3v) is 3.84. The van der Waals surface area contributed by atoms with E-state index in [-0.39, 0.29) is 5.91 Å². The standard InChI is InChI=1S/C17H14BrNO2/c1-10-7-13(18)8-11(2)16(10)19-17(20)15-9-12-5-3-4-6-14(12)21-15/h3-9H,1-2H3,(H,19,20). The number of aryl methyl sites for hydroxylation is 2. The summed E-state index contributed by atoms with van der Waals surface area (Å²) in [6.07, 6.45) is 0. The second-order valence-electron chi connectivity index (χ2n) is 5.02. The zero-order valence-corrected chi connectivity index (χ0v) is 13.3. The Morgan fingerprint density at radius 2 is 1.76 bits per heavy atom. The van der Waals surface area contributed by atoms with E-state index in [9.17, 15) is 4.79 Å². The predicted molar refractivity (Wildman–Crippen MR) is 87.8 cm³/mol. The molecule has 0 saturated carbocycles. The van der Waals surface area contributed by atoms with Gasteiger partial charge in [0.05, 0.1) is 0 Å². The van der Waals surface area contributed by atoms with Gasteiger partial charge in [-0.2, -0.15) is 0 Å². The van der Waals surface area contributed by atoms with Crippen LogP contribution in [0, 0.1) is 13.8 Å². The molecule has 1 amide bonds. The SMILES string of the molecule is Cc1cc(Br)cc(C)c1NC(=O)c1cc2ccccc2o1. The molecule has 0 unspecified atom stereocenters. The molecule has 3 rings (SSSR count). The van der Waals surface area contributed by atoms with Gasteiger partial charge in [-0.3, -0.25) is 4.79 Å². The van der Waals surface area contributed by atoms with Crippen molar-refractivity contribution in [2.75, 3.05) is 5.32 Å². The van der Waals surface area contributed by atoms with Gasteiger partial charge in [0.2, 0.25) is 0 Å². The maximum atomic E-state index is 12.4. The quantitative estimate of drug-likeness (QED) is 0.706. The van der Waals surface area contributed by atoms with Crippen molar-refractivity contribution in [1.29, 1.82) is 0 Å². The number of hydrogen-bond donors (Lipinski definition) is 1. The van der Waals surface area contributed by atoms with E-state index >= 15 is 0 Å². The molecule has 1 heterocycles. The summed E-state index contributed by atoms with van der Waals surface area (Å²) in [4.78, 5) is 12.4. The van der Waals surface area contributed by atoms with Gasteiger partial charge in [0, 0.05) is 15.5 Å². The smallest absolute Gasteiger partial charge is 0.291 e. The summed E-state index contributed by atoms with van der Waals surface area (Å²) in [5, 5.41) is 3.85. The number of anilines is 1. The van der Waals surface area contributed by atoms with Crippen molar-refractivity contribution < 1.29 is 9.21 Å². The van der Waals surface area contributed by atoms with Crippen molar-refractivity contribution in [2.45, 2.75) is 13.8 Å². The van der Waals surface area contributed by atoms with Gasteiger partial charge in [0.1, 0.15) is 5.58 Å². The Morgan fingerprint density at radius 1 is 1.10 bits per heavy atom. The van der Waals surface area contributed by atoms with Crippen LogP contribution in [0.25, 0.3) is 11.0 Å². The van der Waals surface area contributed by atoms with Crippen LogP contribution in [0.1, 0.15) is 21.7 Å². The maximum absolute atomic E-state index is 12.4. The van der Waals surface area contributed by atoms with Crippen molar-refractivity contribution in [3.05, 3.63) is 63.8 Å². The van der Waals surface area contributed by atoms with Crippen LogP contribution in [0.5, 0.6) is 0 Å². The predicted octanol–water partition coefficient (Wildman–Crippen LogP) is 5.06. The summed E-state index contributed by atoms with van der Waals surface area (Å²) in [6, 6.07) is 13.3. The van der Waals surface area contributed by atoms with Crippen molar-refractivity contribution in [3.8, 4) is 0 Å². The number of amides is 1. The molecule has 1 aromatic heterocycles. The highest BCUT2D eigenvalue weighted by Crippen LogP contribution is 2.26. The molecule has 0 aliphatic rings. The van der Waals surface area contributed by atoms with E-state index in [1.807, 2.05) is 50.2 Å². The number of fused-ring (bicyclic) bond motifs is 1. The number of carbonyl (C=O) groups is 1. The van der Waals surface area contributed by atoms with Crippen LogP contribution in [0.15, 0.2) is 51.4 Å². The van der Waals surface area contributed by atoms with Gasteiger partial charge >= 0.3 is 0 Å². The number of carbonyl (C=O) groups excluding carboxylic acids is 1. The molecule has 0 fully saturated rings.